The minimum absolute atomic E-state index is 0.318. The van der Waals surface area contributed by atoms with Gasteiger partial charge in [-0.25, -0.2) is 0 Å². The van der Waals surface area contributed by atoms with Gasteiger partial charge in [-0.2, -0.15) is 0 Å². The summed E-state index contributed by atoms with van der Waals surface area (Å²) in [5, 5.41) is 18.1. The highest BCUT2D eigenvalue weighted by Gasteiger charge is 2.12. The van der Waals surface area contributed by atoms with E-state index in [2.05, 4.69) is 23.2 Å². The molecule has 0 bridgehead atoms. The van der Waals surface area contributed by atoms with Crippen LogP contribution in [-0.4, -0.2) is 22.2 Å². The van der Waals surface area contributed by atoms with E-state index in [1.165, 1.54) is 17.3 Å². The van der Waals surface area contributed by atoms with Crippen LogP contribution in [0.1, 0.15) is 16.7 Å². The van der Waals surface area contributed by atoms with Gasteiger partial charge in [-0.05, 0) is 25.5 Å². The van der Waals surface area contributed by atoms with E-state index in [-0.39, 0.29) is 0 Å². The van der Waals surface area contributed by atoms with E-state index in [9.17, 15) is 0 Å². The molecule has 0 radical (unpaired) electrons. The quantitative estimate of drug-likeness (QED) is 0.801. The summed E-state index contributed by atoms with van der Waals surface area (Å²) in [4.78, 5) is 3.91. The summed E-state index contributed by atoms with van der Waals surface area (Å²) in [5.41, 5.74) is 3.78. The topological polar surface area (TPSA) is 62.6 Å². The maximum atomic E-state index is 9.07. The molecule has 1 aromatic heterocycles. The van der Waals surface area contributed by atoms with Crippen molar-refractivity contribution in [2.24, 2.45) is 0 Å². The van der Waals surface area contributed by atoms with Crippen molar-refractivity contribution < 1.29 is 14.8 Å². The molecule has 0 fully saturated rings. The predicted octanol–water partition coefficient (Wildman–Crippen LogP) is 0.957. The minimum Gasteiger partial charge on any atom is -0.487 e. The van der Waals surface area contributed by atoms with Gasteiger partial charge in [-0.15, -0.1) is 0 Å². The molecule has 2 N–H and O–H groups in total. The van der Waals surface area contributed by atoms with E-state index in [0.717, 1.165) is 5.56 Å². The van der Waals surface area contributed by atoms with Crippen LogP contribution in [0.3, 0.4) is 0 Å². The Labute approximate surface area is 112 Å². The zero-order valence-corrected chi connectivity index (χ0v) is 11.0. The molecule has 2 rings (SSSR count). The van der Waals surface area contributed by atoms with Crippen molar-refractivity contribution in [3.63, 3.8) is 0 Å². The van der Waals surface area contributed by atoms with Crippen molar-refractivity contribution in [2.45, 2.75) is 20.5 Å². The van der Waals surface area contributed by atoms with Gasteiger partial charge in [-0.1, -0.05) is 29.3 Å². The average molecular weight is 257 g/mol. The lowest BCUT2D eigenvalue weighted by Crippen LogP contribution is -2.30. The molecular formula is C14H16BNO3. The van der Waals surface area contributed by atoms with Gasteiger partial charge in [0.15, 0.2) is 0 Å². The summed E-state index contributed by atoms with van der Waals surface area (Å²) in [6.07, 6.45) is 2.95. The fourth-order valence-electron chi connectivity index (χ4n) is 1.97. The highest BCUT2D eigenvalue weighted by atomic mass is 16.5. The van der Waals surface area contributed by atoms with Crippen LogP contribution >= 0.6 is 0 Å². The first kappa shape index (κ1) is 13.6. The Balaban J connectivity index is 2.07. The lowest BCUT2D eigenvalue weighted by atomic mass is 9.82. The SMILES string of the molecule is Cc1cc(C)cc(COc2cncc(B(O)O)c2)c1. The van der Waals surface area contributed by atoms with Crippen LogP contribution in [0.25, 0.3) is 0 Å². The smallest absolute Gasteiger partial charge is 0.487 e. The van der Waals surface area contributed by atoms with Crippen molar-refractivity contribution in [2.75, 3.05) is 0 Å². The monoisotopic (exact) mass is 257 g/mol. The van der Waals surface area contributed by atoms with Crippen LogP contribution in [0.2, 0.25) is 0 Å². The summed E-state index contributed by atoms with van der Waals surface area (Å²) < 4.78 is 5.61. The van der Waals surface area contributed by atoms with E-state index in [4.69, 9.17) is 14.8 Å². The average Bonchev–Trinajstić information content (AvgIpc) is 2.35. The van der Waals surface area contributed by atoms with Gasteiger partial charge in [0.1, 0.15) is 12.4 Å². The molecule has 98 valence electrons. The maximum absolute atomic E-state index is 9.07. The first-order chi connectivity index (χ1) is 9.04. The molecule has 4 nitrogen and oxygen atoms in total. The predicted molar refractivity (Wildman–Crippen MR) is 74.3 cm³/mol. The van der Waals surface area contributed by atoms with Gasteiger partial charge in [0.05, 0.1) is 6.20 Å². The molecular weight excluding hydrogens is 241 g/mol. The van der Waals surface area contributed by atoms with Crippen LogP contribution in [0, 0.1) is 13.8 Å². The van der Waals surface area contributed by atoms with Crippen LogP contribution in [0.4, 0.5) is 0 Å². The summed E-state index contributed by atoms with van der Waals surface area (Å²) in [6.45, 7) is 4.51. The molecule has 0 unspecified atom stereocenters. The van der Waals surface area contributed by atoms with Crippen molar-refractivity contribution in [3.8, 4) is 5.75 Å². The molecule has 0 spiro atoms. The van der Waals surface area contributed by atoms with Gasteiger partial charge in [0.25, 0.3) is 0 Å². The number of hydrogen-bond donors (Lipinski definition) is 2. The molecule has 1 aromatic carbocycles. The van der Waals surface area contributed by atoms with E-state index in [1.807, 2.05) is 13.8 Å². The summed E-state index contributed by atoms with van der Waals surface area (Å²) in [6, 6.07) is 7.80. The number of rotatable bonds is 4. The second-order valence-electron chi connectivity index (χ2n) is 4.61. The Morgan fingerprint density at radius 3 is 2.37 bits per heavy atom. The van der Waals surface area contributed by atoms with E-state index < -0.39 is 7.12 Å². The first-order valence-corrected chi connectivity index (χ1v) is 6.05. The Morgan fingerprint density at radius 1 is 1.05 bits per heavy atom. The lowest BCUT2D eigenvalue weighted by Gasteiger charge is -2.09. The second kappa shape index (κ2) is 5.86. The van der Waals surface area contributed by atoms with Crippen LogP contribution in [-0.2, 0) is 6.61 Å². The molecule has 0 aliphatic rings. The number of aromatic nitrogens is 1. The fraction of sp³-hybridized carbons (Fsp3) is 0.214. The highest BCUT2D eigenvalue weighted by Crippen LogP contribution is 2.13. The Hall–Kier alpha value is -1.85. The van der Waals surface area contributed by atoms with Crippen molar-refractivity contribution in [3.05, 3.63) is 53.3 Å². The van der Waals surface area contributed by atoms with Crippen molar-refractivity contribution in [1.82, 2.24) is 4.98 Å². The number of nitrogens with zero attached hydrogens (tertiary/aromatic N) is 1. The van der Waals surface area contributed by atoms with Crippen LogP contribution in [0.5, 0.6) is 5.75 Å². The van der Waals surface area contributed by atoms with Crippen molar-refractivity contribution >= 4 is 12.6 Å². The van der Waals surface area contributed by atoms with Crippen LogP contribution in [0.15, 0.2) is 36.7 Å². The highest BCUT2D eigenvalue weighted by molar-refractivity contribution is 6.58. The van der Waals surface area contributed by atoms with E-state index >= 15 is 0 Å². The normalized spacial score (nSPS) is 10.3. The largest absolute Gasteiger partial charge is 0.490 e. The number of aryl methyl sites for hydroxylation is 2. The molecule has 0 atom stereocenters. The minimum atomic E-state index is -1.53. The molecule has 0 saturated carbocycles. The van der Waals surface area contributed by atoms with Crippen molar-refractivity contribution in [1.29, 1.82) is 0 Å². The fourth-order valence-corrected chi connectivity index (χ4v) is 1.97. The Bertz CT molecular complexity index is 552. The zero-order valence-electron chi connectivity index (χ0n) is 11.0. The molecule has 5 heteroatoms. The molecule has 0 amide bonds. The summed E-state index contributed by atoms with van der Waals surface area (Å²) in [7, 11) is -1.53. The Morgan fingerprint density at radius 2 is 1.74 bits per heavy atom. The van der Waals surface area contributed by atoms with Gasteiger partial charge in [-0.3, -0.25) is 4.98 Å². The van der Waals surface area contributed by atoms with Gasteiger partial charge in [0.2, 0.25) is 0 Å². The van der Waals surface area contributed by atoms with E-state index in [1.54, 1.807) is 12.3 Å². The van der Waals surface area contributed by atoms with Crippen LogP contribution < -0.4 is 10.2 Å². The second-order valence-corrected chi connectivity index (χ2v) is 4.61. The molecule has 0 aliphatic heterocycles. The third-order valence-corrected chi connectivity index (χ3v) is 2.72. The summed E-state index contributed by atoms with van der Waals surface area (Å²) in [5.74, 6) is 0.518. The van der Waals surface area contributed by atoms with Gasteiger partial charge in [0, 0.05) is 11.7 Å². The number of hydrogen-bond acceptors (Lipinski definition) is 4. The van der Waals surface area contributed by atoms with E-state index in [0.29, 0.717) is 17.8 Å². The Kier molecular flexibility index (Phi) is 4.19. The standard InChI is InChI=1S/C14H16BNO3/c1-10-3-11(2)5-12(4-10)9-19-14-6-13(15(17)18)7-16-8-14/h3-8,17-18H,9H2,1-2H3. The molecule has 0 saturated heterocycles. The summed E-state index contributed by atoms with van der Waals surface area (Å²) >= 11 is 0. The first-order valence-electron chi connectivity index (χ1n) is 6.05. The number of benzene rings is 1. The molecule has 2 aromatic rings. The maximum Gasteiger partial charge on any atom is 0.490 e. The molecule has 0 aliphatic carbocycles. The third kappa shape index (κ3) is 3.81. The molecule has 19 heavy (non-hydrogen) atoms. The number of pyridine rings is 1. The molecule has 1 heterocycles. The number of ether oxygens (including phenoxy) is 1. The zero-order chi connectivity index (χ0) is 13.8. The van der Waals surface area contributed by atoms with Gasteiger partial charge >= 0.3 is 7.12 Å². The lowest BCUT2D eigenvalue weighted by molar-refractivity contribution is 0.305. The third-order valence-electron chi connectivity index (χ3n) is 2.72. The van der Waals surface area contributed by atoms with Gasteiger partial charge < -0.3 is 14.8 Å².